The second kappa shape index (κ2) is 8.28. The van der Waals surface area contributed by atoms with Gasteiger partial charge in [-0.3, -0.25) is 0 Å². The predicted molar refractivity (Wildman–Crippen MR) is 103 cm³/mol. The first kappa shape index (κ1) is 19.2. The lowest BCUT2D eigenvalue weighted by Gasteiger charge is -2.30. The number of halogens is 1. The summed E-state index contributed by atoms with van der Waals surface area (Å²) in [5.41, 5.74) is 1.81. The van der Waals surface area contributed by atoms with E-state index in [0.717, 1.165) is 15.6 Å². The third-order valence-corrected chi connectivity index (χ3v) is 6.29. The summed E-state index contributed by atoms with van der Waals surface area (Å²) in [5.74, 6) is 0.287. The molecule has 130 valence electrons. The number of rotatable bonds is 7. The van der Waals surface area contributed by atoms with E-state index < -0.39 is 10.0 Å². The molecule has 0 N–H and O–H groups in total. The molecule has 0 aliphatic heterocycles. The first-order valence-corrected chi connectivity index (χ1v) is 10.5. The van der Waals surface area contributed by atoms with E-state index in [9.17, 15) is 8.42 Å². The fourth-order valence-electron chi connectivity index (χ4n) is 2.65. The summed E-state index contributed by atoms with van der Waals surface area (Å²) in [5, 5.41) is 0. The second-order valence-electron chi connectivity index (χ2n) is 6.43. The summed E-state index contributed by atoms with van der Waals surface area (Å²) in [6, 6.07) is 17.0. The molecule has 0 bridgehead atoms. The molecule has 0 amide bonds. The molecule has 0 saturated carbocycles. The van der Waals surface area contributed by atoms with Crippen LogP contribution in [0, 0.1) is 5.92 Å². The molecule has 1 atom stereocenters. The molecule has 0 fully saturated rings. The summed E-state index contributed by atoms with van der Waals surface area (Å²) in [4.78, 5) is 0. The molecule has 0 aromatic heterocycles. The van der Waals surface area contributed by atoms with Crippen LogP contribution in [0.4, 0.5) is 0 Å². The van der Waals surface area contributed by atoms with Gasteiger partial charge in [0.05, 0.1) is 5.75 Å². The van der Waals surface area contributed by atoms with Gasteiger partial charge in [-0.15, -0.1) is 0 Å². The average molecular weight is 410 g/mol. The van der Waals surface area contributed by atoms with E-state index in [2.05, 4.69) is 15.9 Å². The van der Waals surface area contributed by atoms with Gasteiger partial charge in [-0.1, -0.05) is 72.2 Å². The van der Waals surface area contributed by atoms with E-state index in [4.69, 9.17) is 0 Å². The predicted octanol–water partition coefficient (Wildman–Crippen LogP) is 5.00. The van der Waals surface area contributed by atoms with Crippen molar-refractivity contribution >= 4 is 26.0 Å². The number of hydrogen-bond acceptors (Lipinski definition) is 2. The van der Waals surface area contributed by atoms with Gasteiger partial charge in [-0.2, -0.15) is 4.31 Å². The van der Waals surface area contributed by atoms with Crippen LogP contribution in [0.1, 0.15) is 37.9 Å². The molecule has 0 heterocycles. The molecule has 0 aliphatic rings. The van der Waals surface area contributed by atoms with Gasteiger partial charge >= 0.3 is 0 Å². The number of benzene rings is 2. The number of hydrogen-bond donors (Lipinski definition) is 0. The number of nitrogens with zero attached hydrogens (tertiary/aromatic N) is 1. The molecule has 5 heteroatoms. The molecular weight excluding hydrogens is 386 g/mol. The first-order valence-electron chi connectivity index (χ1n) is 8.08. The summed E-state index contributed by atoms with van der Waals surface area (Å²) in [7, 11) is -3.41. The second-order valence-corrected chi connectivity index (χ2v) is 9.27. The van der Waals surface area contributed by atoms with E-state index in [0.29, 0.717) is 6.54 Å². The Morgan fingerprint density at radius 3 is 2.08 bits per heavy atom. The van der Waals surface area contributed by atoms with Crippen LogP contribution < -0.4 is 0 Å². The Kier molecular flexibility index (Phi) is 6.61. The SMILES string of the molecule is CC(C)CN(C(C)c1ccc(Br)cc1)S(=O)(=O)Cc1ccccc1. The van der Waals surface area contributed by atoms with Gasteiger partial charge in [0.2, 0.25) is 10.0 Å². The van der Waals surface area contributed by atoms with Crippen molar-refractivity contribution < 1.29 is 8.42 Å². The molecule has 2 aromatic rings. The normalized spacial score (nSPS) is 13.4. The molecule has 0 radical (unpaired) electrons. The molecular formula is C19H24BrNO2S. The Hall–Kier alpha value is -1.17. The smallest absolute Gasteiger partial charge is 0.212 e. The Bertz CT molecular complexity index is 743. The van der Waals surface area contributed by atoms with E-state index in [-0.39, 0.29) is 17.7 Å². The maximum absolute atomic E-state index is 13.0. The Labute approximate surface area is 153 Å². The summed E-state index contributed by atoms with van der Waals surface area (Å²) in [6.45, 7) is 6.54. The van der Waals surface area contributed by atoms with E-state index >= 15 is 0 Å². The van der Waals surface area contributed by atoms with Gasteiger partial charge in [-0.25, -0.2) is 8.42 Å². The molecule has 3 nitrogen and oxygen atoms in total. The zero-order valence-corrected chi connectivity index (χ0v) is 16.7. The van der Waals surface area contributed by atoms with Crippen LogP contribution in [0.2, 0.25) is 0 Å². The van der Waals surface area contributed by atoms with Crippen molar-refractivity contribution in [1.29, 1.82) is 0 Å². The molecule has 0 aliphatic carbocycles. The van der Waals surface area contributed by atoms with Crippen molar-refractivity contribution in [3.8, 4) is 0 Å². The highest BCUT2D eigenvalue weighted by Gasteiger charge is 2.29. The van der Waals surface area contributed by atoms with Crippen molar-refractivity contribution in [3.63, 3.8) is 0 Å². The van der Waals surface area contributed by atoms with Gasteiger partial charge < -0.3 is 0 Å². The zero-order chi connectivity index (χ0) is 17.7. The highest BCUT2D eigenvalue weighted by Crippen LogP contribution is 2.27. The zero-order valence-electron chi connectivity index (χ0n) is 14.3. The van der Waals surface area contributed by atoms with Crippen LogP contribution in [0.25, 0.3) is 0 Å². The molecule has 0 spiro atoms. The lowest BCUT2D eigenvalue weighted by Crippen LogP contribution is -2.37. The molecule has 2 aromatic carbocycles. The van der Waals surface area contributed by atoms with Crippen LogP contribution in [0.3, 0.4) is 0 Å². The molecule has 1 unspecified atom stereocenters. The quantitative estimate of drug-likeness (QED) is 0.644. The summed E-state index contributed by atoms with van der Waals surface area (Å²) >= 11 is 3.42. The standard InChI is InChI=1S/C19H24BrNO2S/c1-15(2)13-21(16(3)18-9-11-19(20)12-10-18)24(22,23)14-17-7-5-4-6-8-17/h4-12,15-16H,13-14H2,1-3H3. The monoisotopic (exact) mass is 409 g/mol. The highest BCUT2D eigenvalue weighted by molar-refractivity contribution is 9.10. The molecule has 24 heavy (non-hydrogen) atoms. The van der Waals surface area contributed by atoms with Gasteiger partial charge in [0.15, 0.2) is 0 Å². The van der Waals surface area contributed by atoms with E-state index in [1.54, 1.807) is 4.31 Å². The van der Waals surface area contributed by atoms with Crippen molar-refractivity contribution in [2.75, 3.05) is 6.54 Å². The lowest BCUT2D eigenvalue weighted by atomic mass is 10.1. The van der Waals surface area contributed by atoms with Crippen molar-refractivity contribution in [2.45, 2.75) is 32.6 Å². The molecule has 2 rings (SSSR count). The number of sulfonamides is 1. The summed E-state index contributed by atoms with van der Waals surface area (Å²) < 4.78 is 28.7. The van der Waals surface area contributed by atoms with Crippen LogP contribution in [-0.2, 0) is 15.8 Å². The van der Waals surface area contributed by atoms with Gasteiger partial charge in [0.1, 0.15) is 0 Å². The fourth-order valence-corrected chi connectivity index (χ4v) is 4.82. The lowest BCUT2D eigenvalue weighted by molar-refractivity contribution is 0.308. The van der Waals surface area contributed by atoms with Crippen molar-refractivity contribution in [1.82, 2.24) is 4.31 Å². The highest BCUT2D eigenvalue weighted by atomic mass is 79.9. The summed E-state index contributed by atoms with van der Waals surface area (Å²) in [6.07, 6.45) is 0. The van der Waals surface area contributed by atoms with E-state index in [1.807, 2.05) is 75.4 Å². The topological polar surface area (TPSA) is 37.4 Å². The Morgan fingerprint density at radius 2 is 1.54 bits per heavy atom. The minimum atomic E-state index is -3.41. The minimum absolute atomic E-state index is 0.0292. The third kappa shape index (κ3) is 5.16. The molecule has 0 saturated heterocycles. The van der Waals surface area contributed by atoms with Gasteiger partial charge in [0, 0.05) is 17.1 Å². The first-order chi connectivity index (χ1) is 11.3. The fraction of sp³-hybridized carbons (Fsp3) is 0.368. The largest absolute Gasteiger partial charge is 0.218 e. The van der Waals surface area contributed by atoms with Crippen LogP contribution >= 0.6 is 15.9 Å². The minimum Gasteiger partial charge on any atom is -0.212 e. The third-order valence-electron chi connectivity index (χ3n) is 3.88. The van der Waals surface area contributed by atoms with Crippen LogP contribution in [-0.4, -0.2) is 19.3 Å². The maximum atomic E-state index is 13.0. The van der Waals surface area contributed by atoms with Crippen LogP contribution in [0.15, 0.2) is 59.1 Å². The Balaban J connectivity index is 2.31. The Morgan fingerprint density at radius 1 is 0.958 bits per heavy atom. The average Bonchev–Trinajstić information content (AvgIpc) is 2.53. The van der Waals surface area contributed by atoms with Crippen molar-refractivity contribution in [3.05, 3.63) is 70.2 Å². The van der Waals surface area contributed by atoms with Gasteiger partial charge in [-0.05, 0) is 36.1 Å². The van der Waals surface area contributed by atoms with Crippen LogP contribution in [0.5, 0.6) is 0 Å². The van der Waals surface area contributed by atoms with Crippen molar-refractivity contribution in [2.24, 2.45) is 5.92 Å². The van der Waals surface area contributed by atoms with E-state index in [1.165, 1.54) is 0 Å². The van der Waals surface area contributed by atoms with Gasteiger partial charge in [0.25, 0.3) is 0 Å². The maximum Gasteiger partial charge on any atom is 0.218 e.